The van der Waals surface area contributed by atoms with Crippen LogP contribution in [0.1, 0.15) is 32.1 Å². The Morgan fingerprint density at radius 1 is 1.50 bits per heavy atom. The van der Waals surface area contributed by atoms with Crippen molar-refractivity contribution in [3.63, 3.8) is 0 Å². The topological polar surface area (TPSA) is 58.7 Å². The fraction of sp³-hybridized carbons (Fsp3) is 1.00. The lowest BCUT2D eigenvalue weighted by molar-refractivity contribution is 0.0712. The smallest absolute Gasteiger partial charge is 0.0710 e. The maximum absolute atomic E-state index is 9.34. The molecule has 0 aromatic carbocycles. The number of nitrogens with two attached hydrogens (primary N) is 1. The van der Waals surface area contributed by atoms with Gasteiger partial charge in [0, 0.05) is 31.8 Å². The van der Waals surface area contributed by atoms with Gasteiger partial charge in [0.15, 0.2) is 0 Å². The van der Waals surface area contributed by atoms with Crippen LogP contribution in [0.3, 0.4) is 0 Å². The molecule has 0 aromatic rings. The molecule has 2 aliphatic rings. The molecule has 2 rings (SSSR count). The number of aliphatic hydroxyl groups excluding tert-OH is 1. The third-order valence-electron chi connectivity index (χ3n) is 4.20. The predicted octanol–water partition coefficient (Wildman–Crippen LogP) is 0.340. The second kappa shape index (κ2) is 5.00. The number of hydrogen-bond acceptors (Lipinski definition) is 4. The third-order valence-corrected chi connectivity index (χ3v) is 4.20. The summed E-state index contributed by atoms with van der Waals surface area (Å²) in [5.74, 6) is 0. The molecular weight excluding hydrogens is 204 g/mol. The molecule has 4 nitrogen and oxygen atoms in total. The number of rotatable bonds is 3. The lowest BCUT2D eigenvalue weighted by atomic mass is 9.80. The fourth-order valence-corrected chi connectivity index (χ4v) is 3.10. The number of ether oxygens (including phenoxy) is 1. The molecule has 2 fully saturated rings. The Morgan fingerprint density at radius 2 is 2.31 bits per heavy atom. The minimum Gasteiger partial charge on any atom is -0.394 e. The fourth-order valence-electron chi connectivity index (χ4n) is 3.10. The molecule has 1 aliphatic carbocycles. The number of hydrogen-bond donors (Lipinski definition) is 2. The molecule has 0 aromatic heterocycles. The molecule has 1 saturated carbocycles. The van der Waals surface area contributed by atoms with E-state index in [1.54, 1.807) is 7.11 Å². The van der Waals surface area contributed by atoms with Gasteiger partial charge in [-0.2, -0.15) is 0 Å². The van der Waals surface area contributed by atoms with Gasteiger partial charge in [0.05, 0.1) is 12.7 Å². The number of likely N-dealkylation sites (tertiary alicyclic amines) is 1. The highest BCUT2D eigenvalue weighted by molar-refractivity contribution is 4.95. The third kappa shape index (κ3) is 2.56. The van der Waals surface area contributed by atoms with E-state index in [2.05, 4.69) is 4.90 Å². The Balaban J connectivity index is 1.90. The van der Waals surface area contributed by atoms with Crippen LogP contribution in [0, 0.1) is 0 Å². The number of aliphatic hydroxyl groups is 1. The van der Waals surface area contributed by atoms with Gasteiger partial charge in [-0.3, -0.25) is 4.90 Å². The Morgan fingerprint density at radius 3 is 2.94 bits per heavy atom. The van der Waals surface area contributed by atoms with Crippen molar-refractivity contribution in [3.8, 4) is 0 Å². The maximum atomic E-state index is 9.34. The molecule has 1 saturated heterocycles. The predicted molar refractivity (Wildman–Crippen MR) is 63.2 cm³/mol. The molecule has 16 heavy (non-hydrogen) atoms. The average molecular weight is 228 g/mol. The zero-order chi connectivity index (χ0) is 11.6. The van der Waals surface area contributed by atoms with Crippen LogP contribution < -0.4 is 5.73 Å². The van der Waals surface area contributed by atoms with E-state index in [1.165, 1.54) is 6.42 Å². The Bertz CT molecular complexity index is 237. The van der Waals surface area contributed by atoms with Crippen molar-refractivity contribution in [2.24, 2.45) is 5.73 Å². The van der Waals surface area contributed by atoms with Gasteiger partial charge < -0.3 is 15.6 Å². The van der Waals surface area contributed by atoms with Gasteiger partial charge in [0.25, 0.3) is 0 Å². The first-order chi connectivity index (χ1) is 7.67. The van der Waals surface area contributed by atoms with E-state index in [0.29, 0.717) is 12.1 Å². The van der Waals surface area contributed by atoms with Gasteiger partial charge >= 0.3 is 0 Å². The van der Waals surface area contributed by atoms with Gasteiger partial charge in [-0.25, -0.2) is 0 Å². The lowest BCUT2D eigenvalue weighted by Gasteiger charge is -2.40. The molecule has 1 aliphatic heterocycles. The van der Waals surface area contributed by atoms with E-state index in [1.807, 2.05) is 0 Å². The van der Waals surface area contributed by atoms with E-state index in [-0.39, 0.29) is 12.1 Å². The molecule has 1 heterocycles. The van der Waals surface area contributed by atoms with Gasteiger partial charge in [-0.1, -0.05) is 0 Å². The monoisotopic (exact) mass is 228 g/mol. The first kappa shape index (κ1) is 12.3. The maximum Gasteiger partial charge on any atom is 0.0710 e. The SMILES string of the molecule is COC1CCN(C2CCCC(N)(CO)C2)C1. The van der Waals surface area contributed by atoms with E-state index in [4.69, 9.17) is 10.5 Å². The first-order valence-electron chi connectivity index (χ1n) is 6.33. The van der Waals surface area contributed by atoms with Crippen LogP contribution >= 0.6 is 0 Å². The average Bonchev–Trinajstić information content (AvgIpc) is 2.78. The van der Waals surface area contributed by atoms with Crippen molar-refractivity contribution in [1.29, 1.82) is 0 Å². The molecule has 0 radical (unpaired) electrons. The summed E-state index contributed by atoms with van der Waals surface area (Å²) in [5.41, 5.74) is 5.84. The Hall–Kier alpha value is -0.160. The quantitative estimate of drug-likeness (QED) is 0.731. The molecule has 0 bridgehead atoms. The molecule has 3 N–H and O–H groups in total. The van der Waals surface area contributed by atoms with Crippen LogP contribution in [0.5, 0.6) is 0 Å². The van der Waals surface area contributed by atoms with Gasteiger partial charge in [-0.05, 0) is 32.1 Å². The van der Waals surface area contributed by atoms with Crippen molar-refractivity contribution >= 4 is 0 Å². The van der Waals surface area contributed by atoms with Crippen LogP contribution in [0.15, 0.2) is 0 Å². The second-order valence-electron chi connectivity index (χ2n) is 5.41. The summed E-state index contributed by atoms with van der Waals surface area (Å²) in [6.45, 7) is 2.26. The van der Waals surface area contributed by atoms with Crippen molar-refractivity contribution in [1.82, 2.24) is 4.90 Å². The van der Waals surface area contributed by atoms with E-state index in [0.717, 1.165) is 38.8 Å². The summed E-state index contributed by atoms with van der Waals surface area (Å²) in [4.78, 5) is 2.49. The summed E-state index contributed by atoms with van der Waals surface area (Å²) >= 11 is 0. The van der Waals surface area contributed by atoms with Gasteiger partial charge in [0.2, 0.25) is 0 Å². The van der Waals surface area contributed by atoms with E-state index in [9.17, 15) is 5.11 Å². The van der Waals surface area contributed by atoms with E-state index < -0.39 is 0 Å². The van der Waals surface area contributed by atoms with Crippen LogP contribution in [-0.2, 0) is 4.74 Å². The number of methoxy groups -OCH3 is 1. The summed E-state index contributed by atoms with van der Waals surface area (Å²) < 4.78 is 5.39. The van der Waals surface area contributed by atoms with Crippen LogP contribution in [-0.4, -0.2) is 54.5 Å². The molecule has 3 atom stereocenters. The molecular formula is C12H24N2O2. The highest BCUT2D eigenvalue weighted by atomic mass is 16.5. The van der Waals surface area contributed by atoms with E-state index >= 15 is 0 Å². The Kier molecular flexibility index (Phi) is 3.85. The largest absolute Gasteiger partial charge is 0.394 e. The second-order valence-corrected chi connectivity index (χ2v) is 5.41. The lowest BCUT2D eigenvalue weighted by Crippen LogP contribution is -2.52. The summed E-state index contributed by atoms with van der Waals surface area (Å²) in [6.07, 6.45) is 5.76. The number of nitrogens with zero attached hydrogens (tertiary/aromatic N) is 1. The first-order valence-corrected chi connectivity index (χ1v) is 6.33. The van der Waals surface area contributed by atoms with Gasteiger partial charge in [0.1, 0.15) is 0 Å². The summed E-state index contributed by atoms with van der Waals surface area (Å²) in [7, 11) is 1.79. The summed E-state index contributed by atoms with van der Waals surface area (Å²) in [6, 6.07) is 0.547. The minimum absolute atomic E-state index is 0.116. The zero-order valence-corrected chi connectivity index (χ0v) is 10.2. The highest BCUT2D eigenvalue weighted by Gasteiger charge is 2.37. The summed E-state index contributed by atoms with van der Waals surface area (Å²) in [5, 5.41) is 9.34. The van der Waals surface area contributed by atoms with Crippen molar-refractivity contribution in [2.45, 2.75) is 49.8 Å². The van der Waals surface area contributed by atoms with Crippen LogP contribution in [0.2, 0.25) is 0 Å². The van der Waals surface area contributed by atoms with Crippen molar-refractivity contribution in [2.75, 3.05) is 26.8 Å². The molecule has 94 valence electrons. The van der Waals surface area contributed by atoms with Crippen LogP contribution in [0.25, 0.3) is 0 Å². The zero-order valence-electron chi connectivity index (χ0n) is 10.2. The minimum atomic E-state index is -0.339. The highest BCUT2D eigenvalue weighted by Crippen LogP contribution is 2.31. The standard InChI is InChI=1S/C12H24N2O2/c1-16-11-4-6-14(8-11)10-3-2-5-12(13,7-10)9-15/h10-11,15H,2-9,13H2,1H3. The molecule has 0 spiro atoms. The molecule has 0 amide bonds. The Labute approximate surface area is 97.7 Å². The molecule has 3 unspecified atom stereocenters. The van der Waals surface area contributed by atoms with Crippen molar-refractivity contribution < 1.29 is 9.84 Å². The van der Waals surface area contributed by atoms with Crippen molar-refractivity contribution in [3.05, 3.63) is 0 Å². The van der Waals surface area contributed by atoms with Crippen LogP contribution in [0.4, 0.5) is 0 Å². The normalized spacial score (nSPS) is 41.4. The molecule has 4 heteroatoms. The van der Waals surface area contributed by atoms with Gasteiger partial charge in [-0.15, -0.1) is 0 Å².